The van der Waals surface area contributed by atoms with Crippen molar-refractivity contribution >= 4 is 38.8 Å². The molecule has 2 N–H and O–H groups in total. The molecule has 6 heterocycles. The number of benzene rings is 1. The molecule has 0 aliphatic carbocycles. The van der Waals surface area contributed by atoms with Crippen LogP contribution in [0.25, 0.3) is 27.3 Å². The molecule has 7 rings (SSSR count). The fourth-order valence-electron chi connectivity index (χ4n) is 5.18. The lowest BCUT2D eigenvalue weighted by Crippen LogP contribution is -2.47. The number of nitrogens with zero attached hydrogens (tertiary/aromatic N) is 9. The first-order valence-electron chi connectivity index (χ1n) is 13.4. The summed E-state index contributed by atoms with van der Waals surface area (Å²) < 4.78 is 31.6. The number of ether oxygens (including phenoxy) is 1. The van der Waals surface area contributed by atoms with Crippen LogP contribution in [-0.4, -0.2) is 71.6 Å². The molecule has 15 heteroatoms. The van der Waals surface area contributed by atoms with E-state index < -0.39 is 0 Å². The van der Waals surface area contributed by atoms with Crippen molar-refractivity contribution in [1.29, 1.82) is 0 Å². The molecule has 13 nitrogen and oxygen atoms in total. The molecule has 0 saturated carbocycles. The number of rotatable bonds is 8. The van der Waals surface area contributed by atoms with E-state index >= 15 is 0 Å². The Morgan fingerprint density at radius 3 is 2.71 bits per heavy atom. The van der Waals surface area contributed by atoms with E-state index in [0.29, 0.717) is 66.1 Å². The SMILES string of the molecule is Cn1cnc(COc2ccc(N3CCN(CCn4c(=O)sc5c4nc(N)n4nc(-c6ccco6)cc54)CC3)c(F)c2)n1. The third-order valence-electron chi connectivity index (χ3n) is 7.31. The quantitative estimate of drug-likeness (QED) is 0.282. The van der Waals surface area contributed by atoms with Gasteiger partial charge in [-0.25, -0.2) is 9.37 Å². The summed E-state index contributed by atoms with van der Waals surface area (Å²) in [7, 11) is 1.78. The summed E-state index contributed by atoms with van der Waals surface area (Å²) in [5.41, 5.74) is 8.64. The monoisotopic (exact) mass is 590 g/mol. The predicted molar refractivity (Wildman–Crippen MR) is 155 cm³/mol. The molecule has 1 aromatic carbocycles. The van der Waals surface area contributed by atoms with Gasteiger partial charge < -0.3 is 19.8 Å². The zero-order chi connectivity index (χ0) is 28.8. The average Bonchev–Trinajstić information content (AvgIpc) is 3.79. The zero-order valence-corrected chi connectivity index (χ0v) is 23.5. The fourth-order valence-corrected chi connectivity index (χ4v) is 6.14. The van der Waals surface area contributed by atoms with Crippen molar-refractivity contribution in [2.45, 2.75) is 13.2 Å². The summed E-state index contributed by atoms with van der Waals surface area (Å²) >= 11 is 1.13. The van der Waals surface area contributed by atoms with Gasteiger partial charge in [0.25, 0.3) is 0 Å². The van der Waals surface area contributed by atoms with Crippen LogP contribution in [0.3, 0.4) is 0 Å². The first-order valence-corrected chi connectivity index (χ1v) is 14.2. The van der Waals surface area contributed by atoms with Crippen LogP contribution >= 0.6 is 11.3 Å². The van der Waals surface area contributed by atoms with E-state index in [1.54, 1.807) is 47.1 Å². The van der Waals surface area contributed by atoms with Gasteiger partial charge in [-0.3, -0.25) is 18.9 Å². The molecule has 1 fully saturated rings. The van der Waals surface area contributed by atoms with Crippen LogP contribution in [0.2, 0.25) is 0 Å². The van der Waals surface area contributed by atoms with Crippen LogP contribution in [0.15, 0.2) is 58.2 Å². The van der Waals surface area contributed by atoms with E-state index in [2.05, 4.69) is 25.1 Å². The van der Waals surface area contributed by atoms with Crippen LogP contribution in [0, 0.1) is 5.82 Å². The Morgan fingerprint density at radius 1 is 1.12 bits per heavy atom. The third kappa shape index (κ3) is 4.86. The maximum Gasteiger partial charge on any atom is 0.309 e. The number of nitrogen functional groups attached to an aromatic ring is 1. The third-order valence-corrected chi connectivity index (χ3v) is 8.30. The van der Waals surface area contributed by atoms with E-state index in [4.69, 9.17) is 14.9 Å². The number of nitrogens with two attached hydrogens (primary N) is 1. The molecule has 1 saturated heterocycles. The molecule has 42 heavy (non-hydrogen) atoms. The number of hydrogen-bond donors (Lipinski definition) is 1. The lowest BCUT2D eigenvalue weighted by atomic mass is 10.2. The molecule has 216 valence electrons. The highest BCUT2D eigenvalue weighted by atomic mass is 32.1. The van der Waals surface area contributed by atoms with E-state index in [9.17, 15) is 9.18 Å². The van der Waals surface area contributed by atoms with Crippen molar-refractivity contribution in [3.05, 3.63) is 70.3 Å². The maximum atomic E-state index is 15.0. The average molecular weight is 591 g/mol. The van der Waals surface area contributed by atoms with Crippen LogP contribution in [0.4, 0.5) is 16.0 Å². The van der Waals surface area contributed by atoms with Crippen LogP contribution in [0.5, 0.6) is 5.75 Å². The van der Waals surface area contributed by atoms with E-state index in [1.807, 2.05) is 17.0 Å². The van der Waals surface area contributed by atoms with Crippen LogP contribution in [-0.2, 0) is 20.2 Å². The predicted octanol–water partition coefficient (Wildman–Crippen LogP) is 2.62. The molecule has 5 aromatic heterocycles. The molecular formula is C27H27FN10O3S. The fraction of sp³-hybridized carbons (Fsp3) is 0.296. The summed E-state index contributed by atoms with van der Waals surface area (Å²) in [5.74, 6) is 1.43. The Balaban J connectivity index is 0.999. The Bertz CT molecular complexity index is 1930. The minimum Gasteiger partial charge on any atom is -0.485 e. The highest BCUT2D eigenvalue weighted by molar-refractivity contribution is 7.17. The number of fused-ring (bicyclic) bond motifs is 3. The first-order chi connectivity index (χ1) is 20.4. The largest absolute Gasteiger partial charge is 0.485 e. The van der Waals surface area contributed by atoms with Gasteiger partial charge in [-0.2, -0.15) is 19.7 Å². The number of piperazine rings is 1. The van der Waals surface area contributed by atoms with Crippen molar-refractivity contribution in [2.24, 2.45) is 7.05 Å². The highest BCUT2D eigenvalue weighted by Crippen LogP contribution is 2.29. The lowest BCUT2D eigenvalue weighted by Gasteiger charge is -2.36. The van der Waals surface area contributed by atoms with Gasteiger partial charge in [-0.15, -0.1) is 0 Å². The number of halogens is 1. The Kier molecular flexibility index (Phi) is 6.59. The molecule has 0 radical (unpaired) electrons. The standard InChI is InChI=1S/C27H27FN10O3S/c1-34-16-30-23(33-34)15-41-17-4-5-20(18(28)13-17)36-9-6-35(7-10-36)8-11-37-25-24(42-27(37)39)21-14-19(22-3-2-12-40-22)32-38(21)26(29)31-25/h2-5,12-14,16H,6-11,15H2,1H3,(H2,29,31). The molecule has 0 bridgehead atoms. The van der Waals surface area contributed by atoms with Gasteiger partial charge >= 0.3 is 4.87 Å². The molecular weight excluding hydrogens is 563 g/mol. The van der Waals surface area contributed by atoms with Gasteiger partial charge in [0.1, 0.15) is 34.9 Å². The van der Waals surface area contributed by atoms with Gasteiger partial charge in [-0.1, -0.05) is 11.3 Å². The number of thiazole rings is 1. The van der Waals surface area contributed by atoms with E-state index in [-0.39, 0.29) is 23.2 Å². The van der Waals surface area contributed by atoms with E-state index in [0.717, 1.165) is 29.1 Å². The summed E-state index contributed by atoms with van der Waals surface area (Å²) in [6, 6.07) is 10.4. The minimum absolute atomic E-state index is 0.104. The number of furan rings is 1. The zero-order valence-electron chi connectivity index (χ0n) is 22.7. The maximum absolute atomic E-state index is 15.0. The molecule has 0 unspecified atom stereocenters. The summed E-state index contributed by atoms with van der Waals surface area (Å²) in [6.45, 7) is 4.06. The Labute approximate surface area is 242 Å². The van der Waals surface area contributed by atoms with Gasteiger partial charge in [0.05, 0.1) is 17.5 Å². The highest BCUT2D eigenvalue weighted by Gasteiger charge is 2.22. The molecule has 0 atom stereocenters. The number of hydrogen-bond acceptors (Lipinski definition) is 11. The Hall–Kier alpha value is -4.76. The molecule has 0 spiro atoms. The second-order valence-corrected chi connectivity index (χ2v) is 11.0. The van der Waals surface area contributed by atoms with Gasteiger partial charge in [-0.05, 0) is 30.3 Å². The second-order valence-electron chi connectivity index (χ2n) is 10.0. The van der Waals surface area contributed by atoms with Crippen molar-refractivity contribution < 1.29 is 13.5 Å². The number of aromatic nitrogens is 7. The van der Waals surface area contributed by atoms with Crippen molar-refractivity contribution in [3.8, 4) is 17.2 Å². The van der Waals surface area contributed by atoms with Crippen LogP contribution in [0.1, 0.15) is 5.82 Å². The van der Waals surface area contributed by atoms with Crippen molar-refractivity contribution in [3.63, 3.8) is 0 Å². The molecule has 1 aliphatic heterocycles. The van der Waals surface area contributed by atoms with Crippen molar-refractivity contribution in [1.82, 2.24) is 38.8 Å². The van der Waals surface area contributed by atoms with E-state index in [1.165, 1.54) is 10.6 Å². The number of aryl methyl sites for hydroxylation is 1. The molecule has 6 aromatic rings. The van der Waals surface area contributed by atoms with Gasteiger partial charge in [0, 0.05) is 52.4 Å². The summed E-state index contributed by atoms with van der Waals surface area (Å²) in [5, 5.41) is 8.67. The Morgan fingerprint density at radius 2 is 1.98 bits per heavy atom. The number of anilines is 2. The molecule has 0 amide bonds. The second kappa shape index (κ2) is 10.6. The van der Waals surface area contributed by atoms with Crippen molar-refractivity contribution in [2.75, 3.05) is 43.4 Å². The minimum atomic E-state index is -0.337. The molecule has 1 aliphatic rings. The normalized spacial score (nSPS) is 14.4. The first kappa shape index (κ1) is 26.2. The smallest absolute Gasteiger partial charge is 0.309 e. The van der Waals surface area contributed by atoms with Gasteiger partial charge in [0.15, 0.2) is 17.2 Å². The van der Waals surface area contributed by atoms with Crippen LogP contribution < -0.4 is 20.2 Å². The summed E-state index contributed by atoms with van der Waals surface area (Å²) in [4.78, 5) is 25.8. The lowest BCUT2D eigenvalue weighted by molar-refractivity contribution is 0.248. The topological polar surface area (TPSA) is 138 Å². The summed E-state index contributed by atoms with van der Waals surface area (Å²) in [6.07, 6.45) is 3.17. The van der Waals surface area contributed by atoms with Gasteiger partial charge in [0.2, 0.25) is 5.95 Å².